The summed E-state index contributed by atoms with van der Waals surface area (Å²) < 4.78 is 4.74. The van der Waals surface area contributed by atoms with Crippen LogP contribution in [0.4, 0.5) is 0 Å². The molecule has 2 N–H and O–H groups in total. The second-order valence-electron chi connectivity index (χ2n) is 4.51. The maximum atomic E-state index is 11.6. The Labute approximate surface area is 112 Å². The molecule has 1 rings (SSSR count). The van der Waals surface area contributed by atoms with Crippen molar-refractivity contribution in [2.24, 2.45) is 5.92 Å². The predicted octanol–water partition coefficient (Wildman–Crippen LogP) is 2.08. The van der Waals surface area contributed by atoms with E-state index in [2.05, 4.69) is 17.4 Å². The zero-order valence-corrected chi connectivity index (χ0v) is 11.1. The molecule has 0 saturated heterocycles. The Morgan fingerprint density at radius 3 is 2.79 bits per heavy atom. The highest BCUT2D eigenvalue weighted by Crippen LogP contribution is 2.17. The quantitative estimate of drug-likeness (QED) is 0.715. The minimum absolute atomic E-state index is 0.181. The number of nitrogens with one attached hydrogen (secondary N) is 1. The first-order chi connectivity index (χ1) is 9.13. The van der Waals surface area contributed by atoms with Crippen molar-refractivity contribution in [2.45, 2.75) is 39.0 Å². The van der Waals surface area contributed by atoms with E-state index < -0.39 is 5.97 Å². The lowest BCUT2D eigenvalue weighted by molar-refractivity contribution is -0.137. The highest BCUT2D eigenvalue weighted by Gasteiger charge is 2.12. The van der Waals surface area contributed by atoms with E-state index in [0.717, 1.165) is 19.3 Å². The van der Waals surface area contributed by atoms with Crippen LogP contribution in [0.25, 0.3) is 0 Å². The minimum Gasteiger partial charge on any atom is -0.481 e. The Morgan fingerprint density at radius 2 is 2.21 bits per heavy atom. The van der Waals surface area contributed by atoms with E-state index in [-0.39, 0.29) is 18.1 Å². The molecule has 0 radical (unpaired) electrons. The molecule has 1 atom stereocenters. The van der Waals surface area contributed by atoms with Gasteiger partial charge in [-0.3, -0.25) is 9.59 Å². The first-order valence-corrected chi connectivity index (χ1v) is 6.54. The second kappa shape index (κ2) is 8.29. The molecule has 0 saturated carbocycles. The third-order valence-electron chi connectivity index (χ3n) is 2.96. The van der Waals surface area contributed by atoms with E-state index in [1.54, 1.807) is 0 Å². The van der Waals surface area contributed by atoms with E-state index >= 15 is 0 Å². The molecule has 106 valence electrons. The molecular formula is C13H20N2O4. The van der Waals surface area contributed by atoms with Crippen LogP contribution < -0.4 is 5.32 Å². The zero-order chi connectivity index (χ0) is 14.1. The minimum atomic E-state index is -0.771. The molecule has 1 aromatic rings. The standard InChI is InChI=1S/C13H20N2O4/c1-2-3-10(4-5-12(16)17)6-8-14-13(18)11-7-9-15-19-11/h7,9-10H,2-6,8H2,1H3,(H,14,18)(H,16,17). The SMILES string of the molecule is CCCC(CCNC(=O)c1ccno1)CCC(=O)O. The number of carbonyl (C=O) groups excluding carboxylic acids is 1. The first kappa shape index (κ1) is 15.2. The van der Waals surface area contributed by atoms with Gasteiger partial charge in [-0.05, 0) is 18.8 Å². The van der Waals surface area contributed by atoms with Crippen LogP contribution in [0, 0.1) is 5.92 Å². The number of nitrogens with zero attached hydrogens (tertiary/aromatic N) is 1. The number of hydrogen-bond acceptors (Lipinski definition) is 4. The maximum Gasteiger partial charge on any atom is 0.303 e. The van der Waals surface area contributed by atoms with Crippen LogP contribution in [-0.4, -0.2) is 28.7 Å². The summed E-state index contributed by atoms with van der Waals surface area (Å²) in [6.45, 7) is 2.59. The lowest BCUT2D eigenvalue weighted by Gasteiger charge is -2.14. The third kappa shape index (κ3) is 6.03. The lowest BCUT2D eigenvalue weighted by atomic mass is 9.94. The highest BCUT2D eigenvalue weighted by molar-refractivity contribution is 5.91. The number of carboxylic acid groups (broad SMARTS) is 1. The summed E-state index contributed by atoms with van der Waals surface area (Å²) in [4.78, 5) is 22.1. The van der Waals surface area contributed by atoms with Gasteiger partial charge in [0.1, 0.15) is 0 Å². The van der Waals surface area contributed by atoms with Crippen molar-refractivity contribution >= 4 is 11.9 Å². The van der Waals surface area contributed by atoms with Gasteiger partial charge in [-0.1, -0.05) is 24.9 Å². The average Bonchev–Trinajstić information content (AvgIpc) is 2.89. The number of rotatable bonds is 9. The van der Waals surface area contributed by atoms with Crippen LogP contribution in [0.2, 0.25) is 0 Å². The van der Waals surface area contributed by atoms with Crippen LogP contribution in [0.5, 0.6) is 0 Å². The van der Waals surface area contributed by atoms with Gasteiger partial charge in [0.25, 0.3) is 5.91 Å². The average molecular weight is 268 g/mol. The molecule has 0 aromatic carbocycles. The summed E-state index contributed by atoms with van der Waals surface area (Å²) in [5, 5.41) is 14.9. The molecule has 1 aromatic heterocycles. The summed E-state index contributed by atoms with van der Waals surface area (Å²) in [5.74, 6) is -0.536. The van der Waals surface area contributed by atoms with Gasteiger partial charge in [0.05, 0.1) is 6.20 Å². The zero-order valence-electron chi connectivity index (χ0n) is 11.1. The molecule has 1 heterocycles. The van der Waals surface area contributed by atoms with Crippen LogP contribution in [0.1, 0.15) is 49.6 Å². The number of aliphatic carboxylic acids is 1. The summed E-state index contributed by atoms with van der Waals surface area (Å²) in [7, 11) is 0. The van der Waals surface area contributed by atoms with Gasteiger partial charge in [0, 0.05) is 19.0 Å². The van der Waals surface area contributed by atoms with E-state index in [1.165, 1.54) is 12.3 Å². The Morgan fingerprint density at radius 1 is 1.42 bits per heavy atom. The third-order valence-corrected chi connectivity index (χ3v) is 2.96. The smallest absolute Gasteiger partial charge is 0.303 e. The summed E-state index contributed by atoms with van der Waals surface area (Å²) in [6.07, 6.45) is 5.02. The van der Waals surface area contributed by atoms with E-state index in [0.29, 0.717) is 18.9 Å². The van der Waals surface area contributed by atoms with Crippen molar-refractivity contribution in [3.05, 3.63) is 18.0 Å². The molecule has 19 heavy (non-hydrogen) atoms. The normalized spacial score (nSPS) is 12.1. The monoisotopic (exact) mass is 268 g/mol. The van der Waals surface area contributed by atoms with E-state index in [4.69, 9.17) is 9.63 Å². The molecule has 0 aliphatic carbocycles. The van der Waals surface area contributed by atoms with Crippen molar-refractivity contribution < 1.29 is 19.2 Å². The summed E-state index contributed by atoms with van der Waals surface area (Å²) in [6, 6.07) is 1.50. The summed E-state index contributed by atoms with van der Waals surface area (Å²) >= 11 is 0. The Balaban J connectivity index is 2.27. The number of carbonyl (C=O) groups is 2. The van der Waals surface area contributed by atoms with Gasteiger partial charge in [-0.25, -0.2) is 0 Å². The molecule has 6 heteroatoms. The molecule has 0 spiro atoms. The van der Waals surface area contributed by atoms with E-state index in [9.17, 15) is 9.59 Å². The van der Waals surface area contributed by atoms with Crippen LogP contribution >= 0.6 is 0 Å². The fourth-order valence-corrected chi connectivity index (χ4v) is 1.98. The van der Waals surface area contributed by atoms with Crippen molar-refractivity contribution in [3.8, 4) is 0 Å². The fourth-order valence-electron chi connectivity index (χ4n) is 1.98. The van der Waals surface area contributed by atoms with Gasteiger partial charge < -0.3 is 14.9 Å². The molecule has 0 aliphatic heterocycles. The Kier molecular flexibility index (Phi) is 6.63. The Bertz CT molecular complexity index is 389. The second-order valence-corrected chi connectivity index (χ2v) is 4.51. The van der Waals surface area contributed by atoms with Gasteiger partial charge in [0.2, 0.25) is 5.76 Å². The largest absolute Gasteiger partial charge is 0.481 e. The molecular weight excluding hydrogens is 248 g/mol. The molecule has 0 fully saturated rings. The highest BCUT2D eigenvalue weighted by atomic mass is 16.5. The van der Waals surface area contributed by atoms with Gasteiger partial charge in [0.15, 0.2) is 0 Å². The lowest BCUT2D eigenvalue weighted by Crippen LogP contribution is -2.25. The molecule has 0 bridgehead atoms. The fraction of sp³-hybridized carbons (Fsp3) is 0.615. The predicted molar refractivity (Wildman–Crippen MR) is 68.7 cm³/mol. The first-order valence-electron chi connectivity index (χ1n) is 6.54. The number of aromatic nitrogens is 1. The van der Waals surface area contributed by atoms with E-state index in [1.807, 2.05) is 0 Å². The van der Waals surface area contributed by atoms with Crippen molar-refractivity contribution in [2.75, 3.05) is 6.54 Å². The van der Waals surface area contributed by atoms with Crippen molar-refractivity contribution in [1.29, 1.82) is 0 Å². The van der Waals surface area contributed by atoms with Crippen LogP contribution in [0.15, 0.2) is 16.8 Å². The van der Waals surface area contributed by atoms with Crippen LogP contribution in [0.3, 0.4) is 0 Å². The molecule has 6 nitrogen and oxygen atoms in total. The Hall–Kier alpha value is -1.85. The maximum absolute atomic E-state index is 11.6. The summed E-state index contributed by atoms with van der Waals surface area (Å²) in [5.41, 5.74) is 0. The van der Waals surface area contributed by atoms with Crippen molar-refractivity contribution in [3.63, 3.8) is 0 Å². The van der Waals surface area contributed by atoms with Gasteiger partial charge in [-0.15, -0.1) is 0 Å². The topological polar surface area (TPSA) is 92.4 Å². The number of carboxylic acids is 1. The van der Waals surface area contributed by atoms with Gasteiger partial charge in [-0.2, -0.15) is 0 Å². The number of hydrogen-bond donors (Lipinski definition) is 2. The number of amides is 1. The molecule has 1 unspecified atom stereocenters. The molecule has 0 aliphatic rings. The van der Waals surface area contributed by atoms with Crippen molar-refractivity contribution in [1.82, 2.24) is 10.5 Å². The molecule has 1 amide bonds. The van der Waals surface area contributed by atoms with Crippen LogP contribution in [-0.2, 0) is 4.79 Å². The van der Waals surface area contributed by atoms with Gasteiger partial charge >= 0.3 is 5.97 Å².